The molecule has 0 aromatic heterocycles. The number of hydrogen-bond acceptors (Lipinski definition) is 4. The van der Waals surface area contributed by atoms with Gasteiger partial charge >= 0.3 is 0 Å². The molecule has 0 fully saturated rings. The molecule has 0 heterocycles. The largest absolute Gasteiger partial charge is 0.399 e. The van der Waals surface area contributed by atoms with Gasteiger partial charge in [-0.25, -0.2) is 12.8 Å². The van der Waals surface area contributed by atoms with Crippen molar-refractivity contribution in [1.29, 1.82) is 0 Å². The van der Waals surface area contributed by atoms with Crippen LogP contribution >= 0.6 is 0 Å². The molecule has 0 saturated carbocycles. The minimum absolute atomic E-state index is 0.0939. The van der Waals surface area contributed by atoms with Crippen LogP contribution in [0.4, 0.5) is 15.8 Å². The van der Waals surface area contributed by atoms with Crippen molar-refractivity contribution in [1.82, 2.24) is 0 Å². The molecule has 3 N–H and O–H groups in total. The Labute approximate surface area is 99.8 Å². The van der Waals surface area contributed by atoms with Gasteiger partial charge in [0.1, 0.15) is 5.82 Å². The van der Waals surface area contributed by atoms with Crippen molar-refractivity contribution in [3.8, 4) is 0 Å². The Morgan fingerprint density at radius 2 is 2.12 bits per heavy atom. The van der Waals surface area contributed by atoms with Crippen molar-refractivity contribution in [2.45, 2.75) is 6.92 Å². The van der Waals surface area contributed by atoms with Crippen molar-refractivity contribution in [3.63, 3.8) is 0 Å². The lowest BCUT2D eigenvalue weighted by molar-refractivity contribution is 0.163. The van der Waals surface area contributed by atoms with E-state index in [4.69, 9.17) is 10.5 Å². The van der Waals surface area contributed by atoms with E-state index in [0.29, 0.717) is 6.61 Å². The lowest BCUT2D eigenvalue weighted by atomic mass is 10.3. The minimum atomic E-state index is -3.54. The zero-order chi connectivity index (χ0) is 12.9. The maximum absolute atomic E-state index is 13.0. The van der Waals surface area contributed by atoms with Gasteiger partial charge in [-0.1, -0.05) is 0 Å². The summed E-state index contributed by atoms with van der Waals surface area (Å²) in [6.45, 7) is 2.31. The zero-order valence-corrected chi connectivity index (χ0v) is 10.3. The molecule has 1 aromatic carbocycles. The molecule has 0 aliphatic carbocycles. The molecule has 1 aromatic rings. The van der Waals surface area contributed by atoms with Crippen molar-refractivity contribution >= 4 is 21.4 Å². The topological polar surface area (TPSA) is 81.4 Å². The summed E-state index contributed by atoms with van der Waals surface area (Å²) in [5, 5.41) is 0. The Bertz CT molecular complexity index is 456. The number of nitrogens with two attached hydrogens (primary N) is 1. The molecule has 7 heteroatoms. The van der Waals surface area contributed by atoms with Crippen molar-refractivity contribution < 1.29 is 17.5 Å². The third-order valence-electron chi connectivity index (χ3n) is 1.89. The van der Waals surface area contributed by atoms with Crippen LogP contribution in [0.1, 0.15) is 6.92 Å². The van der Waals surface area contributed by atoms with E-state index >= 15 is 0 Å². The van der Waals surface area contributed by atoms with Crippen molar-refractivity contribution in [2.24, 2.45) is 0 Å². The van der Waals surface area contributed by atoms with Gasteiger partial charge in [-0.3, -0.25) is 4.72 Å². The Hall–Kier alpha value is -1.34. The number of hydrogen-bond donors (Lipinski definition) is 2. The van der Waals surface area contributed by atoms with Gasteiger partial charge in [-0.2, -0.15) is 0 Å². The summed E-state index contributed by atoms with van der Waals surface area (Å²) in [5.41, 5.74) is 5.67. The van der Waals surface area contributed by atoms with E-state index in [1.165, 1.54) is 6.07 Å². The fourth-order valence-electron chi connectivity index (χ4n) is 1.21. The molecular weight excluding hydrogens is 247 g/mol. The van der Waals surface area contributed by atoms with Gasteiger partial charge in [0.25, 0.3) is 0 Å². The first-order chi connectivity index (χ1) is 7.93. The number of benzene rings is 1. The Morgan fingerprint density at radius 1 is 1.41 bits per heavy atom. The van der Waals surface area contributed by atoms with Gasteiger partial charge in [0.2, 0.25) is 10.0 Å². The number of halogens is 1. The molecule has 1 rings (SSSR count). The number of rotatable bonds is 6. The fourth-order valence-corrected chi connectivity index (χ4v) is 2.13. The first-order valence-corrected chi connectivity index (χ1v) is 6.72. The Kier molecular flexibility index (Phi) is 4.71. The van der Waals surface area contributed by atoms with Crippen LogP contribution in [0.5, 0.6) is 0 Å². The first-order valence-electron chi connectivity index (χ1n) is 5.07. The average molecular weight is 262 g/mol. The predicted octanol–water partition coefficient (Wildman–Crippen LogP) is 1.19. The first kappa shape index (κ1) is 13.7. The van der Waals surface area contributed by atoms with Crippen LogP contribution in [0, 0.1) is 5.82 Å². The fraction of sp³-hybridized carbons (Fsp3) is 0.400. The summed E-state index contributed by atoms with van der Waals surface area (Å²) in [5.74, 6) is -0.774. The van der Waals surface area contributed by atoms with Gasteiger partial charge < -0.3 is 10.5 Å². The van der Waals surface area contributed by atoms with E-state index in [2.05, 4.69) is 4.72 Å². The number of ether oxygens (including phenoxy) is 1. The monoisotopic (exact) mass is 262 g/mol. The second kappa shape index (κ2) is 5.83. The molecule has 0 aliphatic heterocycles. The van der Waals surface area contributed by atoms with Crippen LogP contribution in [0.15, 0.2) is 18.2 Å². The van der Waals surface area contributed by atoms with E-state index in [-0.39, 0.29) is 23.7 Å². The quantitative estimate of drug-likeness (QED) is 0.596. The van der Waals surface area contributed by atoms with Crippen LogP contribution in [0.25, 0.3) is 0 Å². The molecule has 0 atom stereocenters. The third kappa shape index (κ3) is 5.01. The summed E-state index contributed by atoms with van der Waals surface area (Å²) < 4.78 is 43.2. The van der Waals surface area contributed by atoms with Gasteiger partial charge in [-0.05, 0) is 25.1 Å². The lowest BCUT2D eigenvalue weighted by Crippen LogP contribution is -2.20. The lowest BCUT2D eigenvalue weighted by Gasteiger charge is -2.08. The molecular formula is C10H15FN2O3S. The van der Waals surface area contributed by atoms with Crippen LogP contribution in [-0.2, 0) is 14.8 Å². The third-order valence-corrected chi connectivity index (χ3v) is 3.14. The second-order valence-corrected chi connectivity index (χ2v) is 5.23. The van der Waals surface area contributed by atoms with E-state index in [1.807, 2.05) is 0 Å². The highest BCUT2D eigenvalue weighted by atomic mass is 32.2. The summed E-state index contributed by atoms with van der Waals surface area (Å²) in [7, 11) is -3.54. The molecule has 0 unspecified atom stereocenters. The van der Waals surface area contributed by atoms with E-state index in [9.17, 15) is 12.8 Å². The summed E-state index contributed by atoms with van der Waals surface area (Å²) >= 11 is 0. The highest BCUT2D eigenvalue weighted by Crippen LogP contribution is 2.16. The average Bonchev–Trinajstić information content (AvgIpc) is 2.14. The van der Waals surface area contributed by atoms with Crippen molar-refractivity contribution in [3.05, 3.63) is 24.0 Å². The van der Waals surface area contributed by atoms with Gasteiger partial charge in [0, 0.05) is 12.3 Å². The van der Waals surface area contributed by atoms with Crippen LogP contribution in [0.3, 0.4) is 0 Å². The van der Waals surface area contributed by atoms with Crippen LogP contribution in [-0.4, -0.2) is 27.4 Å². The maximum Gasteiger partial charge on any atom is 0.235 e. The molecule has 96 valence electrons. The van der Waals surface area contributed by atoms with Crippen LogP contribution < -0.4 is 10.5 Å². The SMILES string of the molecule is CCOCCS(=O)(=O)Nc1cc(N)cc(F)c1. The van der Waals surface area contributed by atoms with E-state index < -0.39 is 15.8 Å². The molecule has 0 radical (unpaired) electrons. The summed E-state index contributed by atoms with van der Waals surface area (Å²) in [6.07, 6.45) is 0. The Morgan fingerprint density at radius 3 is 2.71 bits per heavy atom. The number of sulfonamides is 1. The predicted molar refractivity (Wildman–Crippen MR) is 64.7 cm³/mol. The number of anilines is 2. The molecule has 5 nitrogen and oxygen atoms in total. The Balaban J connectivity index is 2.69. The molecule has 0 spiro atoms. The summed E-state index contributed by atoms with van der Waals surface area (Å²) in [6, 6.07) is 3.52. The van der Waals surface area contributed by atoms with E-state index in [1.54, 1.807) is 6.92 Å². The van der Waals surface area contributed by atoms with Crippen LogP contribution in [0.2, 0.25) is 0 Å². The molecule has 0 saturated heterocycles. The smallest absolute Gasteiger partial charge is 0.235 e. The van der Waals surface area contributed by atoms with Crippen molar-refractivity contribution in [2.75, 3.05) is 29.4 Å². The summed E-state index contributed by atoms with van der Waals surface area (Å²) in [4.78, 5) is 0. The van der Waals surface area contributed by atoms with Gasteiger partial charge in [0.15, 0.2) is 0 Å². The number of nitrogen functional groups attached to an aromatic ring is 1. The minimum Gasteiger partial charge on any atom is -0.399 e. The molecule has 17 heavy (non-hydrogen) atoms. The second-order valence-electron chi connectivity index (χ2n) is 3.39. The standard InChI is InChI=1S/C10H15FN2O3S/c1-2-16-3-4-17(14,15)13-10-6-8(11)5-9(12)7-10/h5-7,13H,2-4,12H2,1H3. The molecule has 0 aliphatic rings. The molecule has 0 bridgehead atoms. The van der Waals surface area contributed by atoms with Gasteiger partial charge in [-0.15, -0.1) is 0 Å². The van der Waals surface area contributed by atoms with Gasteiger partial charge in [0.05, 0.1) is 18.0 Å². The highest BCUT2D eigenvalue weighted by Gasteiger charge is 2.11. The molecule has 0 amide bonds. The number of nitrogens with one attached hydrogen (secondary N) is 1. The zero-order valence-electron chi connectivity index (χ0n) is 9.44. The highest BCUT2D eigenvalue weighted by molar-refractivity contribution is 7.92. The van der Waals surface area contributed by atoms with E-state index in [0.717, 1.165) is 12.1 Å². The normalized spacial score (nSPS) is 11.4. The maximum atomic E-state index is 13.0.